The molecule has 0 spiro atoms. The lowest BCUT2D eigenvalue weighted by atomic mass is 9.91. The molecule has 4 rings (SSSR count). The lowest BCUT2D eigenvalue weighted by molar-refractivity contribution is -0.138. The molecule has 3 amide bonds. The van der Waals surface area contributed by atoms with Crippen LogP contribution in [0, 0.1) is 5.92 Å². The van der Waals surface area contributed by atoms with Crippen molar-refractivity contribution in [2.45, 2.75) is 57.5 Å². The molecule has 0 radical (unpaired) electrons. The number of benzene rings is 2. The summed E-state index contributed by atoms with van der Waals surface area (Å²) in [5.41, 5.74) is 7.79. The topological polar surface area (TPSA) is 69.9 Å². The van der Waals surface area contributed by atoms with E-state index < -0.39 is 0 Å². The highest BCUT2D eigenvalue weighted by molar-refractivity contribution is 6.30. The van der Waals surface area contributed by atoms with Gasteiger partial charge in [-0.05, 0) is 60.6 Å². The number of carbonyl (C=O) groups is 2. The summed E-state index contributed by atoms with van der Waals surface area (Å²) in [6, 6.07) is 16.0. The van der Waals surface area contributed by atoms with Crippen LogP contribution in [0.2, 0.25) is 10.0 Å². The first kappa shape index (κ1) is 27.7. The average molecular weight is 546 g/mol. The Labute approximate surface area is 230 Å². The zero-order valence-corrected chi connectivity index (χ0v) is 23.1. The summed E-state index contributed by atoms with van der Waals surface area (Å²) < 4.78 is 0. The first-order valence-electron chi connectivity index (χ1n) is 13.4. The summed E-state index contributed by atoms with van der Waals surface area (Å²) in [4.78, 5) is 31.3. The minimum Gasteiger partial charge on any atom is -0.351 e. The van der Waals surface area contributed by atoms with Crippen molar-refractivity contribution in [2.24, 2.45) is 11.7 Å². The van der Waals surface area contributed by atoms with Gasteiger partial charge >= 0.3 is 6.03 Å². The molecule has 2 fully saturated rings. The van der Waals surface area contributed by atoms with E-state index in [1.807, 2.05) is 24.3 Å². The molecule has 2 aromatic carbocycles. The number of nitrogens with zero attached hydrogens (tertiary/aromatic N) is 3. The van der Waals surface area contributed by atoms with Crippen molar-refractivity contribution in [2.75, 3.05) is 32.7 Å². The molecule has 2 aliphatic rings. The van der Waals surface area contributed by atoms with Gasteiger partial charge in [-0.1, -0.05) is 67.2 Å². The van der Waals surface area contributed by atoms with Gasteiger partial charge in [0.05, 0.1) is 6.04 Å². The highest BCUT2D eigenvalue weighted by atomic mass is 35.5. The van der Waals surface area contributed by atoms with Crippen molar-refractivity contribution in [1.82, 2.24) is 14.7 Å². The van der Waals surface area contributed by atoms with Crippen LogP contribution in [-0.2, 0) is 4.79 Å². The molecule has 0 aliphatic carbocycles. The molecule has 37 heavy (non-hydrogen) atoms. The van der Waals surface area contributed by atoms with Crippen LogP contribution in [0.4, 0.5) is 4.79 Å². The Morgan fingerprint density at radius 1 is 0.919 bits per heavy atom. The number of carbonyl (C=O) groups excluding carboxylic acids is 2. The first-order chi connectivity index (χ1) is 17.9. The van der Waals surface area contributed by atoms with E-state index in [9.17, 15) is 9.59 Å². The van der Waals surface area contributed by atoms with E-state index in [1.54, 1.807) is 4.90 Å². The Morgan fingerprint density at radius 3 is 2.00 bits per heavy atom. The van der Waals surface area contributed by atoms with E-state index in [1.165, 1.54) is 11.1 Å². The highest BCUT2D eigenvalue weighted by Crippen LogP contribution is 2.33. The molecule has 0 saturated carbocycles. The number of halogens is 2. The Morgan fingerprint density at radius 2 is 1.49 bits per heavy atom. The number of piperazine rings is 1. The number of urea groups is 1. The number of unbranched alkanes of at least 4 members (excludes halogenated alkanes) is 1. The molecule has 2 N–H and O–H groups in total. The Bertz CT molecular complexity index is 993. The van der Waals surface area contributed by atoms with Crippen LogP contribution >= 0.6 is 23.2 Å². The highest BCUT2D eigenvalue weighted by Gasteiger charge is 2.35. The normalized spacial score (nSPS) is 19.4. The number of rotatable bonds is 8. The third-order valence-electron chi connectivity index (χ3n) is 7.85. The van der Waals surface area contributed by atoms with Crippen LogP contribution in [0.25, 0.3) is 0 Å². The molecule has 0 bridgehead atoms. The van der Waals surface area contributed by atoms with Gasteiger partial charge in [0.15, 0.2) is 0 Å². The van der Waals surface area contributed by atoms with Gasteiger partial charge in [0.25, 0.3) is 0 Å². The van der Waals surface area contributed by atoms with Gasteiger partial charge in [0, 0.05) is 55.2 Å². The molecule has 2 saturated heterocycles. The number of amides is 3. The van der Waals surface area contributed by atoms with Gasteiger partial charge in [0.1, 0.15) is 0 Å². The predicted octanol–water partition coefficient (Wildman–Crippen LogP) is 5.97. The fourth-order valence-electron chi connectivity index (χ4n) is 5.75. The Hall–Kier alpha value is -2.28. The van der Waals surface area contributed by atoms with Crippen LogP contribution in [0.1, 0.15) is 62.6 Å². The van der Waals surface area contributed by atoms with Crippen LogP contribution in [-0.4, -0.2) is 65.4 Å². The largest absolute Gasteiger partial charge is 0.351 e. The van der Waals surface area contributed by atoms with Crippen LogP contribution in [0.3, 0.4) is 0 Å². The molecule has 200 valence electrons. The second-order valence-electron chi connectivity index (χ2n) is 10.4. The number of nitrogens with two attached hydrogens (primary N) is 1. The van der Waals surface area contributed by atoms with E-state index in [0.717, 1.165) is 55.2 Å². The smallest absolute Gasteiger partial charge is 0.314 e. The van der Waals surface area contributed by atoms with Crippen LogP contribution in [0.15, 0.2) is 48.5 Å². The summed E-state index contributed by atoms with van der Waals surface area (Å²) in [5.74, 6) is 0.552. The fraction of sp³-hybridized carbons (Fsp3) is 0.517. The van der Waals surface area contributed by atoms with Crippen molar-refractivity contribution in [1.29, 1.82) is 0 Å². The van der Waals surface area contributed by atoms with Gasteiger partial charge in [-0.2, -0.15) is 0 Å². The lowest BCUT2D eigenvalue weighted by Crippen LogP contribution is -2.56. The number of piperidine rings is 1. The van der Waals surface area contributed by atoms with Crippen molar-refractivity contribution >= 4 is 35.1 Å². The van der Waals surface area contributed by atoms with E-state index in [2.05, 4.69) is 41.0 Å². The molecule has 1 atom stereocenters. The predicted molar refractivity (Wildman–Crippen MR) is 150 cm³/mol. The summed E-state index contributed by atoms with van der Waals surface area (Å²) in [5, 5.41) is 1.44. The molecular formula is C29H38Cl2N4O2. The minimum absolute atomic E-state index is 0.0639. The molecular weight excluding hydrogens is 507 g/mol. The number of hydrogen-bond acceptors (Lipinski definition) is 3. The van der Waals surface area contributed by atoms with Gasteiger partial charge in [-0.3, -0.25) is 9.69 Å². The van der Waals surface area contributed by atoms with E-state index in [4.69, 9.17) is 28.9 Å². The monoisotopic (exact) mass is 544 g/mol. The second-order valence-corrected chi connectivity index (χ2v) is 11.2. The second kappa shape index (κ2) is 13.0. The molecule has 2 aliphatic heterocycles. The van der Waals surface area contributed by atoms with Gasteiger partial charge in [-0.15, -0.1) is 0 Å². The maximum atomic E-state index is 13.5. The molecule has 6 nitrogen and oxygen atoms in total. The molecule has 8 heteroatoms. The number of likely N-dealkylation sites (tertiary alicyclic amines) is 1. The summed E-state index contributed by atoms with van der Waals surface area (Å²) in [6.07, 6.45) is 5.40. The molecule has 0 aromatic heterocycles. The fourth-order valence-corrected chi connectivity index (χ4v) is 6.01. The third kappa shape index (κ3) is 7.18. The zero-order chi connectivity index (χ0) is 26.4. The zero-order valence-electron chi connectivity index (χ0n) is 21.6. The standard InChI is InChI=1S/C29H38Cl2N4O2/c1-2-3-4-26-20-34(17-18-35(26)27(36)19-21-13-15-33(16-14-21)29(32)37)28(22-5-9-24(30)10-6-22)23-7-11-25(31)12-8-23/h5-12,21,26,28H,2-4,13-20H2,1H3,(H2,32,37)/t26-/m0/s1. The van der Waals surface area contributed by atoms with E-state index in [-0.39, 0.29) is 24.0 Å². The number of primary amides is 1. The molecule has 2 heterocycles. The summed E-state index contributed by atoms with van der Waals surface area (Å²) >= 11 is 12.4. The SMILES string of the molecule is CCCC[C@H]1CN(C(c2ccc(Cl)cc2)c2ccc(Cl)cc2)CCN1C(=O)CC1CCN(C(N)=O)CC1. The molecule has 0 unspecified atom stereocenters. The maximum Gasteiger partial charge on any atom is 0.314 e. The van der Waals surface area contributed by atoms with Crippen LogP contribution in [0.5, 0.6) is 0 Å². The lowest BCUT2D eigenvalue weighted by Gasteiger charge is -2.45. The quantitative estimate of drug-likeness (QED) is 0.445. The maximum absolute atomic E-state index is 13.5. The first-order valence-corrected chi connectivity index (χ1v) is 14.2. The summed E-state index contributed by atoms with van der Waals surface area (Å²) in [6.45, 7) is 5.81. The van der Waals surface area contributed by atoms with Gasteiger partial charge in [-0.25, -0.2) is 4.79 Å². The number of hydrogen-bond donors (Lipinski definition) is 1. The summed E-state index contributed by atoms with van der Waals surface area (Å²) in [7, 11) is 0. The van der Waals surface area contributed by atoms with Gasteiger partial charge in [0.2, 0.25) is 5.91 Å². The molecule has 2 aromatic rings. The van der Waals surface area contributed by atoms with Crippen molar-refractivity contribution in [3.63, 3.8) is 0 Å². The third-order valence-corrected chi connectivity index (χ3v) is 8.36. The average Bonchev–Trinajstić information content (AvgIpc) is 2.90. The van der Waals surface area contributed by atoms with Crippen molar-refractivity contribution < 1.29 is 9.59 Å². The van der Waals surface area contributed by atoms with Crippen LogP contribution < -0.4 is 5.73 Å². The minimum atomic E-state index is -0.364. The van der Waals surface area contributed by atoms with E-state index in [0.29, 0.717) is 32.0 Å². The van der Waals surface area contributed by atoms with Crippen molar-refractivity contribution in [3.8, 4) is 0 Å². The van der Waals surface area contributed by atoms with Gasteiger partial charge < -0.3 is 15.5 Å². The van der Waals surface area contributed by atoms with Crippen molar-refractivity contribution in [3.05, 3.63) is 69.7 Å². The Balaban J connectivity index is 1.49. The van der Waals surface area contributed by atoms with E-state index >= 15 is 0 Å². The Kier molecular flexibility index (Phi) is 9.74.